The molecular formula is C24H34N2. The van der Waals surface area contributed by atoms with E-state index >= 15 is 0 Å². The van der Waals surface area contributed by atoms with Crippen LogP contribution in [0.15, 0.2) is 59.0 Å². The number of rotatable bonds is 5. The summed E-state index contributed by atoms with van der Waals surface area (Å²) in [5.74, 6) is 4.32. The summed E-state index contributed by atoms with van der Waals surface area (Å²) >= 11 is 0. The molecule has 0 aromatic rings. The summed E-state index contributed by atoms with van der Waals surface area (Å²) in [5, 5.41) is 2.35. The Morgan fingerprint density at radius 3 is 2.88 bits per heavy atom. The van der Waals surface area contributed by atoms with Gasteiger partial charge >= 0.3 is 0 Å². The molecule has 4 atom stereocenters. The van der Waals surface area contributed by atoms with Crippen LogP contribution in [0.2, 0.25) is 0 Å². The number of nitrogens with zero attached hydrogens (tertiary/aromatic N) is 1. The monoisotopic (exact) mass is 350 g/mol. The molecule has 2 heterocycles. The number of hydrogen-bond donors (Lipinski definition) is 1. The van der Waals surface area contributed by atoms with Crippen molar-refractivity contribution in [2.24, 2.45) is 23.7 Å². The number of nitrogens with one attached hydrogen (secondary N) is 1. The molecule has 0 aromatic heterocycles. The summed E-state index contributed by atoms with van der Waals surface area (Å²) in [6.07, 6.45) is 17.3. The van der Waals surface area contributed by atoms with Crippen molar-refractivity contribution in [2.45, 2.75) is 59.3 Å². The predicted molar refractivity (Wildman–Crippen MR) is 110 cm³/mol. The van der Waals surface area contributed by atoms with Crippen molar-refractivity contribution >= 4 is 0 Å². The van der Waals surface area contributed by atoms with E-state index in [2.05, 4.69) is 62.1 Å². The normalized spacial score (nSPS) is 33.3. The molecule has 1 saturated carbocycles. The molecule has 140 valence electrons. The van der Waals surface area contributed by atoms with Crippen LogP contribution in [0.5, 0.6) is 0 Å². The second-order valence-corrected chi connectivity index (χ2v) is 8.92. The van der Waals surface area contributed by atoms with Crippen molar-refractivity contribution in [1.29, 1.82) is 0 Å². The number of allylic oxidation sites excluding steroid dienone is 7. The smallest absolute Gasteiger partial charge is 0.143 e. The third kappa shape index (κ3) is 3.56. The average molecular weight is 351 g/mol. The van der Waals surface area contributed by atoms with Crippen molar-refractivity contribution in [1.82, 2.24) is 10.4 Å². The molecule has 0 radical (unpaired) electrons. The van der Waals surface area contributed by atoms with Gasteiger partial charge in [-0.05, 0) is 74.3 Å². The summed E-state index contributed by atoms with van der Waals surface area (Å²) in [7, 11) is 0. The SMILES string of the molecule is C=C(C)C1CC[C@H](C)C(CC2=C3NN3CC(C3C=CC(CC)=CC3)=C2)C1. The van der Waals surface area contributed by atoms with Gasteiger partial charge in [0.05, 0.1) is 6.54 Å². The molecule has 2 nitrogen and oxygen atoms in total. The van der Waals surface area contributed by atoms with Crippen molar-refractivity contribution < 1.29 is 0 Å². The maximum atomic E-state index is 4.24. The Morgan fingerprint density at radius 2 is 2.19 bits per heavy atom. The predicted octanol–water partition coefficient (Wildman–Crippen LogP) is 5.89. The van der Waals surface area contributed by atoms with Crippen LogP contribution >= 0.6 is 0 Å². The van der Waals surface area contributed by atoms with Crippen LogP contribution in [-0.4, -0.2) is 11.6 Å². The third-order valence-corrected chi connectivity index (χ3v) is 7.07. The molecule has 4 rings (SSSR count). The largest absolute Gasteiger partial charge is 0.280 e. The lowest BCUT2D eigenvalue weighted by Gasteiger charge is -2.35. The van der Waals surface area contributed by atoms with E-state index in [1.54, 1.807) is 11.1 Å². The quantitative estimate of drug-likeness (QED) is 0.494. The molecule has 3 unspecified atom stereocenters. The first-order valence-electron chi connectivity index (χ1n) is 10.6. The van der Waals surface area contributed by atoms with Crippen LogP contribution in [0.4, 0.5) is 0 Å². The van der Waals surface area contributed by atoms with Crippen molar-refractivity contribution in [3.05, 3.63) is 59.0 Å². The molecule has 0 bridgehead atoms. The summed E-state index contributed by atoms with van der Waals surface area (Å²) < 4.78 is 0. The molecule has 26 heavy (non-hydrogen) atoms. The highest BCUT2D eigenvalue weighted by Crippen LogP contribution is 2.43. The fourth-order valence-electron chi connectivity index (χ4n) is 5.00. The molecule has 0 aromatic carbocycles. The first-order valence-corrected chi connectivity index (χ1v) is 10.6. The van der Waals surface area contributed by atoms with E-state index in [4.69, 9.17) is 0 Å². The van der Waals surface area contributed by atoms with Gasteiger partial charge in [0.2, 0.25) is 0 Å². The number of hydrogen-bond acceptors (Lipinski definition) is 2. The van der Waals surface area contributed by atoms with Gasteiger partial charge in [-0.25, -0.2) is 0 Å². The van der Waals surface area contributed by atoms with Gasteiger partial charge in [-0.2, -0.15) is 0 Å². The standard InChI is InChI=1S/C24H34N2/c1-5-18-7-10-19(11-8-18)23-14-22(24-25-26(24)15-23)13-21-12-20(16(2)3)9-6-17(21)4/h7-8,10,14,17,19-21,25H,2,5-6,9,11-13,15H2,1,3-4H3/t17-,19?,20?,21?,26?/m0/s1. The number of fused-ring (bicyclic) bond motifs is 1. The molecule has 2 heteroatoms. The Kier molecular flexibility index (Phi) is 4.86. The van der Waals surface area contributed by atoms with E-state index in [0.717, 1.165) is 30.7 Å². The van der Waals surface area contributed by atoms with Crippen molar-refractivity contribution in [3.63, 3.8) is 0 Å². The van der Waals surface area contributed by atoms with E-state index in [1.165, 1.54) is 49.1 Å². The van der Waals surface area contributed by atoms with Crippen LogP contribution in [-0.2, 0) is 0 Å². The molecule has 2 aliphatic heterocycles. The van der Waals surface area contributed by atoms with Gasteiger partial charge in [-0.3, -0.25) is 10.4 Å². The van der Waals surface area contributed by atoms with Crippen molar-refractivity contribution in [2.75, 3.05) is 6.54 Å². The first-order chi connectivity index (χ1) is 12.5. The summed E-state index contributed by atoms with van der Waals surface area (Å²) in [4.78, 5) is 0. The minimum atomic E-state index is 0.580. The lowest BCUT2D eigenvalue weighted by molar-refractivity contribution is 0.212. The molecule has 1 N–H and O–H groups in total. The minimum absolute atomic E-state index is 0.580. The topological polar surface area (TPSA) is 25.0 Å². The third-order valence-electron chi connectivity index (χ3n) is 7.07. The fraction of sp³-hybridized carbons (Fsp3) is 0.583. The van der Waals surface area contributed by atoms with Gasteiger partial charge in [0.15, 0.2) is 0 Å². The Hall–Kier alpha value is -1.70. The molecule has 0 amide bonds. The summed E-state index contributed by atoms with van der Waals surface area (Å²) in [6, 6.07) is 0. The maximum Gasteiger partial charge on any atom is 0.143 e. The minimum Gasteiger partial charge on any atom is -0.280 e. The highest BCUT2D eigenvalue weighted by molar-refractivity contribution is 5.41. The van der Waals surface area contributed by atoms with E-state index in [1.807, 2.05) is 0 Å². The molecule has 4 aliphatic rings. The van der Waals surface area contributed by atoms with E-state index in [0.29, 0.717) is 5.92 Å². The average Bonchev–Trinajstić information content (AvgIpc) is 3.43. The molecule has 0 spiro atoms. The maximum absolute atomic E-state index is 4.24. The molecule has 1 saturated heterocycles. The Labute approximate surface area is 159 Å². The Bertz CT molecular complexity index is 706. The second kappa shape index (κ2) is 7.13. The lowest BCUT2D eigenvalue weighted by atomic mass is 9.70. The highest BCUT2D eigenvalue weighted by Gasteiger charge is 2.36. The van der Waals surface area contributed by atoms with Gasteiger partial charge in [-0.1, -0.05) is 55.9 Å². The van der Waals surface area contributed by atoms with Gasteiger partial charge < -0.3 is 0 Å². The van der Waals surface area contributed by atoms with Crippen LogP contribution in [0.3, 0.4) is 0 Å². The Balaban J connectivity index is 1.46. The van der Waals surface area contributed by atoms with Crippen LogP contribution in [0.25, 0.3) is 0 Å². The van der Waals surface area contributed by atoms with Gasteiger partial charge in [0, 0.05) is 5.92 Å². The van der Waals surface area contributed by atoms with Gasteiger partial charge in [0.25, 0.3) is 0 Å². The fourth-order valence-corrected chi connectivity index (χ4v) is 5.00. The molecule has 2 aliphatic carbocycles. The molecule has 2 fully saturated rings. The zero-order valence-electron chi connectivity index (χ0n) is 16.7. The van der Waals surface area contributed by atoms with Crippen LogP contribution in [0.1, 0.15) is 59.3 Å². The van der Waals surface area contributed by atoms with E-state index < -0.39 is 0 Å². The van der Waals surface area contributed by atoms with Gasteiger partial charge in [-0.15, -0.1) is 0 Å². The number of hydrazine groups is 1. The highest BCUT2D eigenvalue weighted by atomic mass is 15.7. The lowest BCUT2D eigenvalue weighted by Crippen LogP contribution is -2.24. The molecular weight excluding hydrogens is 316 g/mol. The van der Waals surface area contributed by atoms with Crippen LogP contribution in [0, 0.1) is 23.7 Å². The van der Waals surface area contributed by atoms with E-state index in [-0.39, 0.29) is 0 Å². The first kappa shape index (κ1) is 17.7. The van der Waals surface area contributed by atoms with Crippen LogP contribution < -0.4 is 5.43 Å². The Morgan fingerprint density at radius 1 is 1.35 bits per heavy atom. The van der Waals surface area contributed by atoms with Gasteiger partial charge in [0.1, 0.15) is 5.82 Å². The second-order valence-electron chi connectivity index (χ2n) is 8.92. The van der Waals surface area contributed by atoms with E-state index in [9.17, 15) is 0 Å². The zero-order chi connectivity index (χ0) is 18.3. The van der Waals surface area contributed by atoms with Crippen molar-refractivity contribution in [3.8, 4) is 0 Å². The summed E-state index contributed by atoms with van der Waals surface area (Å²) in [5.41, 5.74) is 9.51. The zero-order valence-corrected chi connectivity index (χ0v) is 16.7. The summed E-state index contributed by atoms with van der Waals surface area (Å²) in [6.45, 7) is 12.2.